The Morgan fingerprint density at radius 1 is 1.25 bits per heavy atom. The zero-order valence-corrected chi connectivity index (χ0v) is 14.1. The first kappa shape index (κ1) is 17.6. The third-order valence-corrected chi connectivity index (χ3v) is 3.80. The fraction of sp³-hybridized carbons (Fsp3) is 0.333. The third-order valence-electron chi connectivity index (χ3n) is 3.80. The van der Waals surface area contributed by atoms with Crippen LogP contribution in [0, 0.1) is 0 Å². The number of nitrogens with zero attached hydrogens (tertiary/aromatic N) is 3. The molecule has 2 aromatic rings. The highest BCUT2D eigenvalue weighted by molar-refractivity contribution is 5.83. The Hall–Kier alpha value is -2.76. The molecule has 0 aliphatic carbocycles. The first-order chi connectivity index (χ1) is 11.5. The van der Waals surface area contributed by atoms with E-state index in [0.29, 0.717) is 25.4 Å². The highest BCUT2D eigenvalue weighted by atomic mass is 16.3. The molecule has 6 nitrogen and oxygen atoms in total. The van der Waals surface area contributed by atoms with Crippen LogP contribution in [0.25, 0.3) is 0 Å². The number of amides is 2. The van der Waals surface area contributed by atoms with Crippen LogP contribution in [0.3, 0.4) is 0 Å². The SMILES string of the molecule is C=CCN(CC(=O)N(Cc1ccco1)Cc1cccn1C)C(C)=O. The van der Waals surface area contributed by atoms with Crippen molar-refractivity contribution in [1.82, 2.24) is 14.4 Å². The van der Waals surface area contributed by atoms with E-state index in [1.165, 1.54) is 11.8 Å². The maximum absolute atomic E-state index is 12.7. The van der Waals surface area contributed by atoms with Gasteiger partial charge in [-0.1, -0.05) is 6.08 Å². The van der Waals surface area contributed by atoms with Gasteiger partial charge in [-0.25, -0.2) is 0 Å². The maximum atomic E-state index is 12.7. The second kappa shape index (κ2) is 8.19. The van der Waals surface area contributed by atoms with Gasteiger partial charge in [0.15, 0.2) is 0 Å². The minimum atomic E-state index is -0.153. The van der Waals surface area contributed by atoms with Gasteiger partial charge >= 0.3 is 0 Å². The minimum absolute atomic E-state index is 0.0203. The van der Waals surface area contributed by atoms with Gasteiger partial charge in [0.05, 0.1) is 19.4 Å². The molecule has 0 saturated heterocycles. The topological polar surface area (TPSA) is 58.7 Å². The van der Waals surface area contributed by atoms with Crippen molar-refractivity contribution < 1.29 is 14.0 Å². The average molecular weight is 329 g/mol. The number of rotatable bonds is 8. The summed E-state index contributed by atoms with van der Waals surface area (Å²) in [6.07, 6.45) is 5.13. The Bertz CT molecular complexity index is 688. The minimum Gasteiger partial charge on any atom is -0.467 e. The van der Waals surface area contributed by atoms with E-state index < -0.39 is 0 Å². The lowest BCUT2D eigenvalue weighted by molar-refractivity contribution is -0.140. The smallest absolute Gasteiger partial charge is 0.242 e. The highest BCUT2D eigenvalue weighted by Crippen LogP contribution is 2.12. The molecular weight excluding hydrogens is 306 g/mol. The van der Waals surface area contributed by atoms with Crippen molar-refractivity contribution in [1.29, 1.82) is 0 Å². The second-order valence-electron chi connectivity index (χ2n) is 5.63. The van der Waals surface area contributed by atoms with Crippen LogP contribution < -0.4 is 0 Å². The molecule has 0 radical (unpaired) electrons. The largest absolute Gasteiger partial charge is 0.467 e. The van der Waals surface area contributed by atoms with Crippen LogP contribution in [0.5, 0.6) is 0 Å². The van der Waals surface area contributed by atoms with Crippen LogP contribution in [-0.2, 0) is 29.7 Å². The van der Waals surface area contributed by atoms with Gasteiger partial charge in [-0.2, -0.15) is 0 Å². The number of carbonyl (C=O) groups excluding carboxylic acids is 2. The summed E-state index contributed by atoms with van der Waals surface area (Å²) in [5, 5.41) is 0. The summed E-state index contributed by atoms with van der Waals surface area (Å²) in [6.45, 7) is 6.25. The predicted octanol–water partition coefficient (Wildman–Crippen LogP) is 2.18. The Kier molecular flexibility index (Phi) is 6.01. The van der Waals surface area contributed by atoms with E-state index in [0.717, 1.165) is 5.69 Å². The summed E-state index contributed by atoms with van der Waals surface area (Å²) < 4.78 is 7.33. The van der Waals surface area contributed by atoms with Crippen molar-refractivity contribution in [2.24, 2.45) is 7.05 Å². The van der Waals surface area contributed by atoms with E-state index in [1.54, 1.807) is 23.3 Å². The van der Waals surface area contributed by atoms with Gasteiger partial charge in [0.1, 0.15) is 12.3 Å². The molecule has 0 atom stereocenters. The van der Waals surface area contributed by atoms with E-state index in [9.17, 15) is 9.59 Å². The van der Waals surface area contributed by atoms with Gasteiger partial charge in [0.2, 0.25) is 11.8 Å². The molecule has 0 bridgehead atoms. The van der Waals surface area contributed by atoms with Crippen LogP contribution in [-0.4, -0.2) is 39.3 Å². The molecule has 0 aromatic carbocycles. The van der Waals surface area contributed by atoms with E-state index in [-0.39, 0.29) is 18.4 Å². The predicted molar refractivity (Wildman–Crippen MR) is 90.8 cm³/mol. The Labute approximate surface area is 142 Å². The quantitative estimate of drug-likeness (QED) is 0.698. The van der Waals surface area contributed by atoms with Crippen LogP contribution in [0.1, 0.15) is 18.4 Å². The molecule has 0 aliphatic heterocycles. The molecular formula is C18H23N3O3. The zero-order chi connectivity index (χ0) is 17.5. The maximum Gasteiger partial charge on any atom is 0.242 e. The first-order valence-corrected chi connectivity index (χ1v) is 7.78. The summed E-state index contributed by atoms with van der Waals surface area (Å²) in [5.74, 6) is 0.417. The van der Waals surface area contributed by atoms with Gasteiger partial charge in [0, 0.05) is 32.4 Å². The number of furan rings is 1. The number of hydrogen-bond donors (Lipinski definition) is 0. The van der Waals surface area contributed by atoms with Crippen molar-refractivity contribution >= 4 is 11.8 Å². The van der Waals surface area contributed by atoms with Crippen LogP contribution in [0.2, 0.25) is 0 Å². The molecule has 0 fully saturated rings. The van der Waals surface area contributed by atoms with Crippen LogP contribution in [0.15, 0.2) is 53.8 Å². The lowest BCUT2D eigenvalue weighted by Crippen LogP contribution is -2.41. The second-order valence-corrected chi connectivity index (χ2v) is 5.63. The van der Waals surface area contributed by atoms with E-state index in [4.69, 9.17) is 4.42 Å². The summed E-state index contributed by atoms with van der Waals surface area (Å²) in [5.41, 5.74) is 1.01. The molecule has 2 heterocycles. The van der Waals surface area contributed by atoms with E-state index in [1.807, 2.05) is 36.0 Å². The van der Waals surface area contributed by atoms with Crippen LogP contribution >= 0.6 is 0 Å². The summed E-state index contributed by atoms with van der Waals surface area (Å²) >= 11 is 0. The van der Waals surface area contributed by atoms with Gasteiger partial charge in [-0.15, -0.1) is 6.58 Å². The lowest BCUT2D eigenvalue weighted by Gasteiger charge is -2.26. The van der Waals surface area contributed by atoms with Gasteiger partial charge in [0.25, 0.3) is 0 Å². The lowest BCUT2D eigenvalue weighted by atomic mass is 10.3. The van der Waals surface area contributed by atoms with Crippen molar-refractivity contribution in [2.45, 2.75) is 20.0 Å². The van der Waals surface area contributed by atoms with Crippen molar-refractivity contribution in [2.75, 3.05) is 13.1 Å². The van der Waals surface area contributed by atoms with E-state index in [2.05, 4.69) is 6.58 Å². The third kappa shape index (κ3) is 4.62. The van der Waals surface area contributed by atoms with Gasteiger partial charge < -0.3 is 18.8 Å². The number of hydrogen-bond acceptors (Lipinski definition) is 3. The van der Waals surface area contributed by atoms with Gasteiger partial charge in [-0.05, 0) is 24.3 Å². The zero-order valence-electron chi connectivity index (χ0n) is 14.1. The summed E-state index contributed by atoms with van der Waals surface area (Å²) in [4.78, 5) is 27.6. The Morgan fingerprint density at radius 2 is 2.04 bits per heavy atom. The molecule has 128 valence electrons. The Balaban J connectivity index is 2.14. The molecule has 0 N–H and O–H groups in total. The number of aromatic nitrogens is 1. The average Bonchev–Trinajstić information content (AvgIpc) is 3.18. The van der Waals surface area contributed by atoms with Crippen molar-refractivity contribution in [3.05, 3.63) is 60.8 Å². The molecule has 0 spiro atoms. The number of carbonyl (C=O) groups is 2. The molecule has 6 heteroatoms. The normalized spacial score (nSPS) is 10.4. The number of aryl methyl sites for hydroxylation is 1. The molecule has 0 unspecified atom stereocenters. The Morgan fingerprint density at radius 3 is 2.58 bits per heavy atom. The molecule has 0 saturated carbocycles. The van der Waals surface area contributed by atoms with Crippen LogP contribution in [0.4, 0.5) is 0 Å². The molecule has 2 rings (SSSR count). The van der Waals surface area contributed by atoms with Crippen molar-refractivity contribution in [3.63, 3.8) is 0 Å². The standard InChI is InChI=1S/C18H23N3O3/c1-4-9-20(15(2)22)14-18(23)21(13-17-8-6-11-24-17)12-16-7-5-10-19(16)3/h4-8,10-11H,1,9,12-14H2,2-3H3. The summed E-state index contributed by atoms with van der Waals surface area (Å²) in [6, 6.07) is 7.53. The molecule has 0 aliphatic rings. The molecule has 2 aromatic heterocycles. The van der Waals surface area contributed by atoms with Crippen molar-refractivity contribution in [3.8, 4) is 0 Å². The monoisotopic (exact) mass is 329 g/mol. The molecule has 2 amide bonds. The van der Waals surface area contributed by atoms with E-state index >= 15 is 0 Å². The fourth-order valence-electron chi connectivity index (χ4n) is 2.40. The summed E-state index contributed by atoms with van der Waals surface area (Å²) in [7, 11) is 1.93. The fourth-order valence-corrected chi connectivity index (χ4v) is 2.40. The van der Waals surface area contributed by atoms with Gasteiger partial charge in [-0.3, -0.25) is 9.59 Å². The first-order valence-electron chi connectivity index (χ1n) is 7.78. The highest BCUT2D eigenvalue weighted by Gasteiger charge is 2.20. The molecule has 24 heavy (non-hydrogen) atoms.